The van der Waals surface area contributed by atoms with Gasteiger partial charge < -0.3 is 10.2 Å². The fourth-order valence-electron chi connectivity index (χ4n) is 1.86. The number of rotatable bonds is 4. The number of halogens is 2. The first-order valence-electron chi connectivity index (χ1n) is 6.47. The Morgan fingerprint density at radius 2 is 1.86 bits per heavy atom. The van der Waals surface area contributed by atoms with Crippen LogP contribution in [0.1, 0.15) is 15.9 Å². The maximum Gasteiger partial charge on any atom is 0.252 e. The van der Waals surface area contributed by atoms with Crippen molar-refractivity contribution in [3.8, 4) is 0 Å². The van der Waals surface area contributed by atoms with E-state index < -0.39 is 0 Å². The van der Waals surface area contributed by atoms with E-state index in [-0.39, 0.29) is 5.91 Å². The monoisotopic (exact) mass is 366 g/mol. The molecule has 5 heteroatoms. The molecule has 0 radical (unpaired) electrons. The zero-order valence-corrected chi connectivity index (χ0v) is 14.2. The van der Waals surface area contributed by atoms with Crippen LogP contribution in [0.2, 0.25) is 5.02 Å². The fourth-order valence-corrected chi connectivity index (χ4v) is 2.73. The molecule has 0 bridgehead atoms. The Morgan fingerprint density at radius 3 is 2.43 bits per heavy atom. The van der Waals surface area contributed by atoms with Crippen LogP contribution in [-0.4, -0.2) is 20.0 Å². The van der Waals surface area contributed by atoms with Gasteiger partial charge in [0, 0.05) is 35.8 Å². The molecule has 2 aromatic carbocycles. The molecule has 0 fully saturated rings. The minimum atomic E-state index is -0.129. The molecule has 110 valence electrons. The molecule has 0 atom stereocenters. The lowest BCUT2D eigenvalue weighted by Crippen LogP contribution is -2.23. The van der Waals surface area contributed by atoms with Crippen LogP contribution in [-0.2, 0) is 6.54 Å². The maximum atomic E-state index is 12.1. The second kappa shape index (κ2) is 6.96. The second-order valence-electron chi connectivity index (χ2n) is 4.87. The molecule has 0 aromatic heterocycles. The van der Waals surface area contributed by atoms with Crippen molar-refractivity contribution in [3.05, 3.63) is 63.1 Å². The highest BCUT2D eigenvalue weighted by Gasteiger charge is 2.10. The van der Waals surface area contributed by atoms with Crippen LogP contribution in [0.4, 0.5) is 5.69 Å². The summed E-state index contributed by atoms with van der Waals surface area (Å²) in [6.07, 6.45) is 0. The van der Waals surface area contributed by atoms with Crippen LogP contribution >= 0.6 is 27.5 Å². The van der Waals surface area contributed by atoms with Crippen molar-refractivity contribution in [1.29, 1.82) is 0 Å². The first-order chi connectivity index (χ1) is 9.97. The molecular formula is C16H16BrClN2O. The Morgan fingerprint density at radius 1 is 1.19 bits per heavy atom. The molecule has 0 heterocycles. The van der Waals surface area contributed by atoms with Gasteiger partial charge in [0.1, 0.15) is 0 Å². The number of benzene rings is 2. The number of carbonyl (C=O) groups is 1. The highest BCUT2D eigenvalue weighted by molar-refractivity contribution is 9.10. The summed E-state index contributed by atoms with van der Waals surface area (Å²) in [6.45, 7) is 0.488. The third-order valence-corrected chi connectivity index (χ3v) is 3.97. The summed E-state index contributed by atoms with van der Waals surface area (Å²) in [6, 6.07) is 13.2. The van der Waals surface area contributed by atoms with Gasteiger partial charge in [0.15, 0.2) is 0 Å². The summed E-state index contributed by atoms with van der Waals surface area (Å²) in [5, 5.41) is 3.49. The second-order valence-corrected chi connectivity index (χ2v) is 6.16. The van der Waals surface area contributed by atoms with Crippen molar-refractivity contribution in [2.75, 3.05) is 19.0 Å². The maximum absolute atomic E-state index is 12.1. The molecule has 2 aromatic rings. The van der Waals surface area contributed by atoms with Crippen LogP contribution in [0.15, 0.2) is 46.9 Å². The molecule has 21 heavy (non-hydrogen) atoms. The molecule has 1 N–H and O–H groups in total. The smallest absolute Gasteiger partial charge is 0.252 e. The van der Waals surface area contributed by atoms with Crippen LogP contribution in [0.5, 0.6) is 0 Å². The van der Waals surface area contributed by atoms with Gasteiger partial charge in [-0.05, 0) is 51.8 Å². The highest BCUT2D eigenvalue weighted by Crippen LogP contribution is 2.21. The number of hydrogen-bond donors (Lipinski definition) is 1. The molecule has 0 aliphatic heterocycles. The Balaban J connectivity index is 2.00. The van der Waals surface area contributed by atoms with Gasteiger partial charge in [-0.15, -0.1) is 0 Å². The topological polar surface area (TPSA) is 32.3 Å². The predicted molar refractivity (Wildman–Crippen MR) is 91.1 cm³/mol. The van der Waals surface area contributed by atoms with Crippen molar-refractivity contribution in [2.24, 2.45) is 0 Å². The van der Waals surface area contributed by atoms with E-state index in [1.807, 2.05) is 43.3 Å². The van der Waals surface area contributed by atoms with E-state index in [9.17, 15) is 4.79 Å². The molecular weight excluding hydrogens is 352 g/mol. The first kappa shape index (κ1) is 15.9. The lowest BCUT2D eigenvalue weighted by molar-refractivity contribution is 0.0950. The molecule has 0 spiro atoms. The molecule has 0 aliphatic carbocycles. The zero-order chi connectivity index (χ0) is 15.4. The summed E-state index contributed by atoms with van der Waals surface area (Å²) in [5.41, 5.74) is 2.76. The van der Waals surface area contributed by atoms with Crippen molar-refractivity contribution < 1.29 is 4.79 Å². The van der Waals surface area contributed by atoms with E-state index in [1.165, 1.54) is 0 Å². The number of amides is 1. The van der Waals surface area contributed by atoms with E-state index in [1.54, 1.807) is 18.2 Å². The van der Waals surface area contributed by atoms with Crippen molar-refractivity contribution in [3.63, 3.8) is 0 Å². The van der Waals surface area contributed by atoms with Gasteiger partial charge in [-0.1, -0.05) is 23.7 Å². The van der Waals surface area contributed by atoms with Gasteiger partial charge in [-0.2, -0.15) is 0 Å². The Bertz CT molecular complexity index is 641. The minimum Gasteiger partial charge on any atom is -0.378 e. The summed E-state index contributed by atoms with van der Waals surface area (Å²) in [7, 11) is 3.99. The van der Waals surface area contributed by atoms with E-state index in [2.05, 4.69) is 21.2 Å². The molecule has 0 aliphatic rings. The number of anilines is 1. The third kappa shape index (κ3) is 4.22. The number of nitrogens with one attached hydrogen (secondary N) is 1. The van der Waals surface area contributed by atoms with Gasteiger partial charge in [0.05, 0.1) is 5.56 Å². The van der Waals surface area contributed by atoms with Crippen LogP contribution in [0.3, 0.4) is 0 Å². The number of carbonyl (C=O) groups excluding carboxylic acids is 1. The van der Waals surface area contributed by atoms with E-state index in [0.717, 1.165) is 11.3 Å². The Hall–Kier alpha value is -1.52. The summed E-state index contributed by atoms with van der Waals surface area (Å²) in [5.74, 6) is -0.129. The van der Waals surface area contributed by atoms with Gasteiger partial charge in [-0.25, -0.2) is 0 Å². The fraction of sp³-hybridized carbons (Fsp3) is 0.188. The molecule has 3 nitrogen and oxygen atoms in total. The van der Waals surface area contributed by atoms with Crippen LogP contribution in [0, 0.1) is 0 Å². The SMILES string of the molecule is CN(C)c1ccc(CNC(=O)c2ccc(Cl)cc2Br)cc1. The third-order valence-electron chi connectivity index (χ3n) is 3.08. The van der Waals surface area contributed by atoms with Crippen LogP contribution < -0.4 is 10.2 Å². The normalized spacial score (nSPS) is 10.3. The van der Waals surface area contributed by atoms with E-state index in [4.69, 9.17) is 11.6 Å². The molecule has 1 amide bonds. The average Bonchev–Trinajstić information content (AvgIpc) is 2.45. The van der Waals surface area contributed by atoms with E-state index in [0.29, 0.717) is 21.6 Å². The van der Waals surface area contributed by atoms with Gasteiger partial charge in [0.2, 0.25) is 0 Å². The summed E-state index contributed by atoms with van der Waals surface area (Å²) < 4.78 is 0.690. The number of nitrogens with zero attached hydrogens (tertiary/aromatic N) is 1. The molecule has 0 unspecified atom stereocenters. The highest BCUT2D eigenvalue weighted by atomic mass is 79.9. The van der Waals surface area contributed by atoms with Crippen molar-refractivity contribution in [2.45, 2.75) is 6.54 Å². The minimum absolute atomic E-state index is 0.129. The average molecular weight is 368 g/mol. The Kier molecular flexibility index (Phi) is 5.26. The van der Waals surface area contributed by atoms with Gasteiger partial charge >= 0.3 is 0 Å². The van der Waals surface area contributed by atoms with Crippen LogP contribution in [0.25, 0.3) is 0 Å². The lowest BCUT2D eigenvalue weighted by Gasteiger charge is -2.13. The quantitative estimate of drug-likeness (QED) is 0.882. The molecule has 0 saturated heterocycles. The van der Waals surface area contributed by atoms with E-state index >= 15 is 0 Å². The Labute approximate surface area is 138 Å². The zero-order valence-electron chi connectivity index (χ0n) is 11.9. The lowest BCUT2D eigenvalue weighted by atomic mass is 10.1. The predicted octanol–water partition coefficient (Wildman–Crippen LogP) is 4.10. The van der Waals surface area contributed by atoms with Gasteiger partial charge in [0.25, 0.3) is 5.91 Å². The molecule has 0 saturated carbocycles. The van der Waals surface area contributed by atoms with Crippen molar-refractivity contribution in [1.82, 2.24) is 5.32 Å². The summed E-state index contributed by atoms with van der Waals surface area (Å²) >= 11 is 9.22. The van der Waals surface area contributed by atoms with Gasteiger partial charge in [-0.3, -0.25) is 4.79 Å². The molecule has 2 rings (SSSR count). The number of hydrogen-bond acceptors (Lipinski definition) is 2. The first-order valence-corrected chi connectivity index (χ1v) is 7.64. The van der Waals surface area contributed by atoms with Crippen molar-refractivity contribution >= 4 is 39.1 Å². The largest absolute Gasteiger partial charge is 0.378 e. The summed E-state index contributed by atoms with van der Waals surface area (Å²) in [4.78, 5) is 14.2. The standard InChI is InChI=1S/C16H16BrClN2O/c1-20(2)13-6-3-11(4-7-13)10-19-16(21)14-8-5-12(18)9-15(14)17/h3-9H,10H2,1-2H3,(H,19,21).